The van der Waals surface area contributed by atoms with Crippen molar-refractivity contribution in [3.63, 3.8) is 0 Å². The van der Waals surface area contributed by atoms with Gasteiger partial charge in [-0.15, -0.1) is 10.2 Å². The van der Waals surface area contributed by atoms with Gasteiger partial charge in [-0.2, -0.15) is 0 Å². The average Bonchev–Trinajstić information content (AvgIpc) is 3.13. The van der Waals surface area contributed by atoms with Crippen molar-refractivity contribution in [2.24, 2.45) is 0 Å². The summed E-state index contributed by atoms with van der Waals surface area (Å²) in [5.41, 5.74) is 1.43. The number of thioether (sulfide) groups is 1. The first-order valence-electron chi connectivity index (χ1n) is 8.44. The van der Waals surface area contributed by atoms with Gasteiger partial charge in [0.2, 0.25) is 5.91 Å². The number of carbonyl (C=O) groups is 1. The van der Waals surface area contributed by atoms with E-state index in [1.807, 2.05) is 40.9 Å². The number of carbonyl (C=O) groups excluding carboxylic acids is 1. The Labute approximate surface area is 170 Å². The van der Waals surface area contributed by atoms with Gasteiger partial charge in [0.25, 0.3) is 0 Å². The molecule has 2 aromatic heterocycles. The van der Waals surface area contributed by atoms with Crippen molar-refractivity contribution in [1.29, 1.82) is 0 Å². The predicted molar refractivity (Wildman–Crippen MR) is 110 cm³/mol. The standard InChI is InChI=1S/C20H15ClN4O2S/c21-16-5-1-2-6-17(16)27-15-10-8-14(9-11-15)22-19(26)13-28-20-24-23-18-7-3-4-12-25(18)20/h1-12H,13H2,(H,22,26). The highest BCUT2D eigenvalue weighted by Crippen LogP contribution is 2.29. The molecule has 2 aromatic carbocycles. The highest BCUT2D eigenvalue weighted by molar-refractivity contribution is 7.99. The molecule has 0 saturated heterocycles. The monoisotopic (exact) mass is 410 g/mol. The van der Waals surface area contributed by atoms with Gasteiger partial charge < -0.3 is 10.1 Å². The average molecular weight is 411 g/mol. The minimum Gasteiger partial charge on any atom is -0.456 e. The van der Waals surface area contributed by atoms with E-state index >= 15 is 0 Å². The van der Waals surface area contributed by atoms with Gasteiger partial charge >= 0.3 is 0 Å². The summed E-state index contributed by atoms with van der Waals surface area (Å²) in [5.74, 6) is 1.32. The number of hydrogen-bond acceptors (Lipinski definition) is 5. The van der Waals surface area contributed by atoms with E-state index in [0.717, 1.165) is 5.65 Å². The summed E-state index contributed by atoms with van der Waals surface area (Å²) in [5, 5.41) is 12.2. The number of hydrogen-bond donors (Lipinski definition) is 1. The molecule has 28 heavy (non-hydrogen) atoms. The number of ether oxygens (including phenoxy) is 1. The summed E-state index contributed by atoms with van der Waals surface area (Å²) in [6.07, 6.45) is 1.87. The molecule has 4 aromatic rings. The number of anilines is 1. The van der Waals surface area contributed by atoms with Crippen LogP contribution in [0.4, 0.5) is 5.69 Å². The molecule has 0 fully saturated rings. The number of halogens is 1. The molecule has 0 bridgehead atoms. The summed E-state index contributed by atoms with van der Waals surface area (Å²) in [6, 6.07) is 20.0. The molecule has 4 rings (SSSR count). The maximum atomic E-state index is 12.2. The maximum absolute atomic E-state index is 12.2. The van der Waals surface area contributed by atoms with Crippen LogP contribution in [0.25, 0.3) is 5.65 Å². The summed E-state index contributed by atoms with van der Waals surface area (Å²) in [6.45, 7) is 0. The molecule has 2 heterocycles. The Morgan fingerprint density at radius 3 is 2.64 bits per heavy atom. The van der Waals surface area contributed by atoms with Crippen LogP contribution in [0.2, 0.25) is 5.02 Å². The van der Waals surface area contributed by atoms with Gasteiger partial charge in [0, 0.05) is 11.9 Å². The van der Waals surface area contributed by atoms with Gasteiger partial charge in [-0.3, -0.25) is 9.20 Å². The number of pyridine rings is 1. The van der Waals surface area contributed by atoms with Crippen LogP contribution in [0, 0.1) is 0 Å². The lowest BCUT2D eigenvalue weighted by Gasteiger charge is -2.09. The molecule has 8 heteroatoms. The molecule has 0 aliphatic rings. The number of amides is 1. The highest BCUT2D eigenvalue weighted by Gasteiger charge is 2.09. The van der Waals surface area contributed by atoms with E-state index in [-0.39, 0.29) is 11.7 Å². The van der Waals surface area contributed by atoms with Crippen molar-refractivity contribution in [3.8, 4) is 11.5 Å². The summed E-state index contributed by atoms with van der Waals surface area (Å²) in [4.78, 5) is 12.2. The number of rotatable bonds is 6. The first-order valence-corrected chi connectivity index (χ1v) is 9.80. The molecule has 0 saturated carbocycles. The number of para-hydroxylation sites is 1. The second-order valence-electron chi connectivity index (χ2n) is 5.81. The van der Waals surface area contributed by atoms with Gasteiger partial charge in [0.05, 0.1) is 10.8 Å². The Morgan fingerprint density at radius 1 is 1.04 bits per heavy atom. The lowest BCUT2D eigenvalue weighted by molar-refractivity contribution is -0.113. The van der Waals surface area contributed by atoms with E-state index in [1.54, 1.807) is 36.4 Å². The van der Waals surface area contributed by atoms with Crippen LogP contribution in [0.3, 0.4) is 0 Å². The summed E-state index contributed by atoms with van der Waals surface area (Å²) >= 11 is 7.42. The van der Waals surface area contributed by atoms with Crippen molar-refractivity contribution >= 4 is 40.6 Å². The lowest BCUT2D eigenvalue weighted by Crippen LogP contribution is -2.14. The molecule has 0 aliphatic heterocycles. The lowest BCUT2D eigenvalue weighted by atomic mass is 10.3. The second-order valence-corrected chi connectivity index (χ2v) is 7.15. The number of nitrogens with one attached hydrogen (secondary N) is 1. The third-order valence-electron chi connectivity index (χ3n) is 3.82. The fraction of sp³-hybridized carbons (Fsp3) is 0.0500. The SMILES string of the molecule is O=C(CSc1nnc2ccccn12)Nc1ccc(Oc2ccccc2Cl)cc1. The summed E-state index contributed by atoms with van der Waals surface area (Å²) < 4.78 is 7.59. The number of fused-ring (bicyclic) bond motifs is 1. The van der Waals surface area contributed by atoms with Crippen LogP contribution >= 0.6 is 23.4 Å². The minimum absolute atomic E-state index is 0.127. The fourth-order valence-electron chi connectivity index (χ4n) is 2.51. The molecule has 1 amide bonds. The Balaban J connectivity index is 1.34. The van der Waals surface area contributed by atoms with Crippen LogP contribution < -0.4 is 10.1 Å². The third-order valence-corrected chi connectivity index (χ3v) is 5.07. The zero-order valence-corrected chi connectivity index (χ0v) is 16.2. The zero-order valence-electron chi connectivity index (χ0n) is 14.6. The molecule has 0 radical (unpaired) electrons. The van der Waals surface area contributed by atoms with Crippen molar-refractivity contribution in [1.82, 2.24) is 14.6 Å². The van der Waals surface area contributed by atoms with Crippen LogP contribution in [0.5, 0.6) is 11.5 Å². The van der Waals surface area contributed by atoms with Crippen molar-refractivity contribution in [2.45, 2.75) is 5.16 Å². The Bertz CT molecular complexity index is 1110. The van der Waals surface area contributed by atoms with Crippen molar-refractivity contribution in [2.75, 3.05) is 11.1 Å². The van der Waals surface area contributed by atoms with Crippen LogP contribution in [0.15, 0.2) is 78.1 Å². The number of nitrogens with zero attached hydrogens (tertiary/aromatic N) is 3. The van der Waals surface area contributed by atoms with Crippen molar-refractivity contribution in [3.05, 3.63) is 77.9 Å². The van der Waals surface area contributed by atoms with Crippen molar-refractivity contribution < 1.29 is 9.53 Å². The van der Waals surface area contributed by atoms with Gasteiger partial charge in [-0.05, 0) is 48.5 Å². The highest BCUT2D eigenvalue weighted by atomic mass is 35.5. The van der Waals surface area contributed by atoms with Crippen LogP contribution in [0.1, 0.15) is 0 Å². The van der Waals surface area contributed by atoms with Gasteiger partial charge in [-0.25, -0.2) is 0 Å². The maximum Gasteiger partial charge on any atom is 0.234 e. The zero-order chi connectivity index (χ0) is 19.3. The largest absolute Gasteiger partial charge is 0.456 e. The topological polar surface area (TPSA) is 68.5 Å². The quantitative estimate of drug-likeness (QED) is 0.457. The number of benzene rings is 2. The number of aromatic nitrogens is 3. The van der Waals surface area contributed by atoms with Crippen LogP contribution in [-0.4, -0.2) is 26.3 Å². The molecule has 0 atom stereocenters. The molecular formula is C20H15ClN4O2S. The van der Waals surface area contributed by atoms with E-state index in [9.17, 15) is 4.79 Å². The molecule has 6 nitrogen and oxygen atoms in total. The van der Waals surface area contributed by atoms with E-state index in [1.165, 1.54) is 11.8 Å². The Kier molecular flexibility index (Phi) is 5.45. The molecule has 0 spiro atoms. The van der Waals surface area contributed by atoms with E-state index < -0.39 is 0 Å². The normalized spacial score (nSPS) is 10.8. The first kappa shape index (κ1) is 18.3. The van der Waals surface area contributed by atoms with E-state index in [4.69, 9.17) is 16.3 Å². The van der Waals surface area contributed by atoms with Gasteiger partial charge in [-0.1, -0.05) is 41.6 Å². The minimum atomic E-state index is -0.127. The molecule has 0 aliphatic carbocycles. The van der Waals surface area contributed by atoms with Gasteiger partial charge in [0.15, 0.2) is 10.8 Å². The second kappa shape index (κ2) is 8.33. The van der Waals surface area contributed by atoms with Gasteiger partial charge in [0.1, 0.15) is 11.5 Å². The summed E-state index contributed by atoms with van der Waals surface area (Å²) in [7, 11) is 0. The van der Waals surface area contributed by atoms with E-state index in [2.05, 4.69) is 15.5 Å². The Hall–Kier alpha value is -3.03. The third kappa shape index (κ3) is 4.27. The fourth-order valence-corrected chi connectivity index (χ4v) is 3.40. The van der Waals surface area contributed by atoms with Crippen LogP contribution in [-0.2, 0) is 4.79 Å². The predicted octanol–water partition coefficient (Wildman–Crippen LogP) is 4.91. The molecule has 140 valence electrons. The smallest absolute Gasteiger partial charge is 0.234 e. The molecular weight excluding hydrogens is 396 g/mol. The first-order chi connectivity index (χ1) is 13.7. The molecule has 0 unspecified atom stereocenters. The van der Waals surface area contributed by atoms with E-state index in [0.29, 0.717) is 27.4 Å². The molecule has 1 N–H and O–H groups in total. The Morgan fingerprint density at radius 2 is 1.82 bits per heavy atom.